The van der Waals surface area contributed by atoms with E-state index in [9.17, 15) is 0 Å². The van der Waals surface area contributed by atoms with Gasteiger partial charge in [-0.3, -0.25) is 0 Å². The van der Waals surface area contributed by atoms with Crippen LogP contribution in [0.25, 0.3) is 16.7 Å². The van der Waals surface area contributed by atoms with Gasteiger partial charge in [0.15, 0.2) is 0 Å². The molecule has 0 saturated heterocycles. The van der Waals surface area contributed by atoms with Gasteiger partial charge in [-0.05, 0) is 66.9 Å². The first kappa shape index (κ1) is 16.0. The largest absolute Gasteiger partial charge is 0.324 e. The Morgan fingerprint density at radius 1 is 0.913 bits per heavy atom. The molecule has 0 heterocycles. The summed E-state index contributed by atoms with van der Waals surface area (Å²) in [6, 6.07) is 18.0. The second kappa shape index (κ2) is 5.98. The normalized spacial score (nSPS) is 18.3. The molecule has 0 aliphatic heterocycles. The van der Waals surface area contributed by atoms with Crippen molar-refractivity contribution < 1.29 is 0 Å². The summed E-state index contributed by atoms with van der Waals surface area (Å²) < 4.78 is 0. The van der Waals surface area contributed by atoms with Crippen LogP contribution in [0, 0.1) is 0 Å². The van der Waals surface area contributed by atoms with Gasteiger partial charge in [0.2, 0.25) is 0 Å². The van der Waals surface area contributed by atoms with Crippen LogP contribution >= 0.6 is 0 Å². The third kappa shape index (κ3) is 3.25. The van der Waals surface area contributed by atoms with E-state index in [-0.39, 0.29) is 6.04 Å². The van der Waals surface area contributed by atoms with Crippen LogP contribution in [-0.2, 0) is 5.41 Å². The minimum atomic E-state index is 0.103. The molecule has 1 nitrogen and oxygen atoms in total. The Hall–Kier alpha value is -1.86. The fourth-order valence-electron chi connectivity index (χ4n) is 3.02. The van der Waals surface area contributed by atoms with E-state index in [0.29, 0.717) is 5.41 Å². The van der Waals surface area contributed by atoms with E-state index in [0.717, 1.165) is 0 Å². The summed E-state index contributed by atoms with van der Waals surface area (Å²) in [4.78, 5) is 0. The lowest BCUT2D eigenvalue weighted by Gasteiger charge is -2.13. The molecule has 0 bridgehead atoms. The lowest BCUT2D eigenvalue weighted by Crippen LogP contribution is -2.16. The Morgan fingerprint density at radius 2 is 1.39 bits per heavy atom. The van der Waals surface area contributed by atoms with E-state index in [2.05, 4.69) is 69.3 Å². The molecule has 2 aromatic rings. The SMILES string of the molecule is C/C(=C(/C)C(C)N)c1ccc(-c2ccc(C3(C)CC3)cc2)cc1. The van der Waals surface area contributed by atoms with Crippen molar-refractivity contribution in [1.82, 2.24) is 0 Å². The molecule has 120 valence electrons. The Kier molecular flexibility index (Phi) is 4.16. The quantitative estimate of drug-likeness (QED) is 0.788. The highest BCUT2D eigenvalue weighted by Gasteiger charge is 2.38. The van der Waals surface area contributed by atoms with Crippen LogP contribution in [0.3, 0.4) is 0 Å². The summed E-state index contributed by atoms with van der Waals surface area (Å²) in [5.74, 6) is 0. The Bertz CT molecular complexity index is 714. The molecule has 0 spiro atoms. The van der Waals surface area contributed by atoms with Crippen molar-refractivity contribution in [1.29, 1.82) is 0 Å². The van der Waals surface area contributed by atoms with Crippen LogP contribution in [0.15, 0.2) is 54.1 Å². The van der Waals surface area contributed by atoms with E-state index in [1.165, 1.54) is 46.2 Å². The number of nitrogens with two attached hydrogens (primary N) is 1. The highest BCUT2D eigenvalue weighted by Crippen LogP contribution is 2.47. The zero-order chi connectivity index (χ0) is 16.6. The van der Waals surface area contributed by atoms with Gasteiger partial charge in [-0.15, -0.1) is 0 Å². The summed E-state index contributed by atoms with van der Waals surface area (Å²) in [6.07, 6.45) is 2.65. The molecule has 2 N–H and O–H groups in total. The molecule has 0 amide bonds. The summed E-state index contributed by atoms with van der Waals surface area (Å²) in [6.45, 7) is 8.66. The monoisotopic (exact) mass is 305 g/mol. The minimum absolute atomic E-state index is 0.103. The highest BCUT2D eigenvalue weighted by molar-refractivity contribution is 5.71. The lowest BCUT2D eigenvalue weighted by atomic mass is 9.94. The van der Waals surface area contributed by atoms with Gasteiger partial charge in [0.25, 0.3) is 0 Å². The van der Waals surface area contributed by atoms with Gasteiger partial charge in [-0.2, -0.15) is 0 Å². The Labute approximate surface area is 140 Å². The van der Waals surface area contributed by atoms with Crippen LogP contribution in [0.2, 0.25) is 0 Å². The predicted octanol–water partition coefficient (Wildman–Crippen LogP) is 5.55. The fourth-order valence-corrected chi connectivity index (χ4v) is 3.02. The van der Waals surface area contributed by atoms with Crippen molar-refractivity contribution in [2.75, 3.05) is 0 Å². The summed E-state index contributed by atoms with van der Waals surface area (Å²) in [5, 5.41) is 0. The smallest absolute Gasteiger partial charge is 0.0227 e. The van der Waals surface area contributed by atoms with Gasteiger partial charge >= 0.3 is 0 Å². The van der Waals surface area contributed by atoms with E-state index in [4.69, 9.17) is 5.73 Å². The van der Waals surface area contributed by atoms with Gasteiger partial charge in [0, 0.05) is 6.04 Å². The predicted molar refractivity (Wildman–Crippen MR) is 100 cm³/mol. The fraction of sp³-hybridized carbons (Fsp3) is 0.364. The van der Waals surface area contributed by atoms with Crippen molar-refractivity contribution in [2.24, 2.45) is 5.73 Å². The van der Waals surface area contributed by atoms with Crippen molar-refractivity contribution in [2.45, 2.75) is 52.0 Å². The first-order chi connectivity index (χ1) is 10.9. The average Bonchev–Trinajstić information content (AvgIpc) is 3.32. The van der Waals surface area contributed by atoms with Gasteiger partial charge in [0.05, 0.1) is 0 Å². The molecule has 3 rings (SSSR count). The van der Waals surface area contributed by atoms with Crippen LogP contribution in [0.5, 0.6) is 0 Å². The summed E-state index contributed by atoms with van der Waals surface area (Å²) >= 11 is 0. The van der Waals surface area contributed by atoms with Gasteiger partial charge in [-0.25, -0.2) is 0 Å². The van der Waals surface area contributed by atoms with E-state index >= 15 is 0 Å². The number of hydrogen-bond acceptors (Lipinski definition) is 1. The van der Waals surface area contributed by atoms with Crippen LogP contribution in [0.1, 0.15) is 51.7 Å². The van der Waals surface area contributed by atoms with Crippen molar-refractivity contribution in [3.8, 4) is 11.1 Å². The zero-order valence-corrected chi connectivity index (χ0v) is 14.7. The van der Waals surface area contributed by atoms with E-state index < -0.39 is 0 Å². The molecule has 1 atom stereocenters. The van der Waals surface area contributed by atoms with Crippen LogP contribution in [-0.4, -0.2) is 6.04 Å². The third-order valence-corrected chi connectivity index (χ3v) is 5.51. The number of allylic oxidation sites excluding steroid dienone is 1. The average molecular weight is 305 g/mol. The summed E-state index contributed by atoms with van der Waals surface area (Å²) in [7, 11) is 0. The molecule has 1 aliphatic carbocycles. The maximum Gasteiger partial charge on any atom is 0.0227 e. The maximum absolute atomic E-state index is 5.99. The first-order valence-corrected chi connectivity index (χ1v) is 8.55. The topological polar surface area (TPSA) is 26.0 Å². The van der Waals surface area contributed by atoms with Gasteiger partial charge in [0.1, 0.15) is 0 Å². The second-order valence-corrected chi connectivity index (χ2v) is 7.31. The van der Waals surface area contributed by atoms with Crippen molar-refractivity contribution in [3.63, 3.8) is 0 Å². The maximum atomic E-state index is 5.99. The molecule has 23 heavy (non-hydrogen) atoms. The van der Waals surface area contributed by atoms with Crippen molar-refractivity contribution in [3.05, 3.63) is 65.2 Å². The minimum Gasteiger partial charge on any atom is -0.324 e. The second-order valence-electron chi connectivity index (χ2n) is 7.31. The molecule has 1 saturated carbocycles. The molecule has 0 radical (unpaired) electrons. The Balaban J connectivity index is 1.83. The third-order valence-electron chi connectivity index (χ3n) is 5.51. The number of benzene rings is 2. The zero-order valence-electron chi connectivity index (χ0n) is 14.7. The molecule has 1 aliphatic rings. The van der Waals surface area contributed by atoms with Crippen LogP contribution in [0.4, 0.5) is 0 Å². The molecule has 1 heteroatoms. The molecule has 0 aromatic heterocycles. The van der Waals surface area contributed by atoms with E-state index in [1.807, 2.05) is 6.92 Å². The Morgan fingerprint density at radius 3 is 1.83 bits per heavy atom. The number of hydrogen-bond donors (Lipinski definition) is 1. The summed E-state index contributed by atoms with van der Waals surface area (Å²) in [5.41, 5.74) is 14.3. The molecule has 1 unspecified atom stereocenters. The van der Waals surface area contributed by atoms with Crippen LogP contribution < -0.4 is 5.73 Å². The highest BCUT2D eigenvalue weighted by atomic mass is 14.6. The molecular weight excluding hydrogens is 278 g/mol. The van der Waals surface area contributed by atoms with Gasteiger partial charge < -0.3 is 5.73 Å². The van der Waals surface area contributed by atoms with Crippen molar-refractivity contribution >= 4 is 5.57 Å². The number of rotatable bonds is 4. The molecule has 1 fully saturated rings. The van der Waals surface area contributed by atoms with Gasteiger partial charge in [-0.1, -0.05) is 61.0 Å². The lowest BCUT2D eigenvalue weighted by molar-refractivity contribution is 0.788. The van der Waals surface area contributed by atoms with E-state index in [1.54, 1.807) is 0 Å². The molecule has 2 aromatic carbocycles. The first-order valence-electron chi connectivity index (χ1n) is 8.55. The standard InChI is InChI=1S/C22H27N/c1-15(17(3)23)16(2)18-5-7-19(8-6-18)20-9-11-21(12-10-20)22(4)13-14-22/h5-12,17H,13-14,23H2,1-4H3/b16-15+. The molecular formula is C22H27N.